The van der Waals surface area contributed by atoms with Gasteiger partial charge in [-0.2, -0.15) is 0 Å². The lowest BCUT2D eigenvalue weighted by Gasteiger charge is -2.16. The van der Waals surface area contributed by atoms with Gasteiger partial charge in [-0.15, -0.1) is 0 Å². The Hall–Kier alpha value is -1.81. The fourth-order valence-corrected chi connectivity index (χ4v) is 1.97. The molecule has 3 rings (SSSR count). The minimum Gasteiger partial charge on any atom is -0.312 e. The second-order valence-electron chi connectivity index (χ2n) is 4.10. The fourth-order valence-electron chi connectivity index (χ4n) is 1.97. The molecule has 0 saturated carbocycles. The van der Waals surface area contributed by atoms with E-state index in [1.807, 2.05) is 6.20 Å². The van der Waals surface area contributed by atoms with Crippen molar-refractivity contribution in [2.75, 3.05) is 6.54 Å². The van der Waals surface area contributed by atoms with Gasteiger partial charge in [-0.05, 0) is 24.3 Å². The van der Waals surface area contributed by atoms with Crippen LogP contribution in [0.25, 0.3) is 11.4 Å². The summed E-state index contributed by atoms with van der Waals surface area (Å²) >= 11 is 0. The highest BCUT2D eigenvalue weighted by molar-refractivity contribution is 5.54. The van der Waals surface area contributed by atoms with Gasteiger partial charge in [0, 0.05) is 36.8 Å². The lowest BCUT2D eigenvalue weighted by molar-refractivity contribution is 0.625. The summed E-state index contributed by atoms with van der Waals surface area (Å²) < 4.78 is 12.8. The van der Waals surface area contributed by atoms with Crippen LogP contribution >= 0.6 is 0 Å². The maximum Gasteiger partial charge on any atom is 0.159 e. The highest BCUT2D eigenvalue weighted by Crippen LogP contribution is 2.18. The van der Waals surface area contributed by atoms with Crippen molar-refractivity contribution >= 4 is 0 Å². The van der Waals surface area contributed by atoms with Crippen LogP contribution in [0.5, 0.6) is 0 Å². The molecule has 4 heteroatoms. The van der Waals surface area contributed by atoms with Gasteiger partial charge in [0.25, 0.3) is 0 Å². The highest BCUT2D eigenvalue weighted by Gasteiger charge is 2.12. The largest absolute Gasteiger partial charge is 0.312 e. The van der Waals surface area contributed by atoms with E-state index in [0.29, 0.717) is 5.82 Å². The normalized spacial score (nSPS) is 14.4. The maximum atomic E-state index is 12.8. The fraction of sp³-hybridized carbons (Fsp3) is 0.231. The van der Waals surface area contributed by atoms with Gasteiger partial charge in [-0.3, -0.25) is 0 Å². The molecule has 0 aliphatic carbocycles. The average molecular weight is 229 g/mol. The average Bonchev–Trinajstić information content (AvgIpc) is 2.39. The summed E-state index contributed by atoms with van der Waals surface area (Å²) in [6.45, 7) is 1.78. The Morgan fingerprint density at radius 1 is 1.18 bits per heavy atom. The molecule has 2 heterocycles. The molecule has 1 aliphatic heterocycles. The van der Waals surface area contributed by atoms with Gasteiger partial charge in [0.05, 0.1) is 5.69 Å². The summed E-state index contributed by atoms with van der Waals surface area (Å²) in [6, 6.07) is 6.27. The molecule has 1 N–H and O–H groups in total. The summed E-state index contributed by atoms with van der Waals surface area (Å²) in [5, 5.41) is 3.28. The molecule has 1 aliphatic rings. The first kappa shape index (κ1) is 10.4. The molecule has 0 radical (unpaired) electrons. The summed E-state index contributed by atoms with van der Waals surface area (Å²) in [5.74, 6) is 0.432. The molecule has 17 heavy (non-hydrogen) atoms. The molecule has 1 aromatic heterocycles. The SMILES string of the molecule is Fc1ccc(-c2ncc3c(n2)CCNC3)cc1. The monoisotopic (exact) mass is 229 g/mol. The van der Waals surface area contributed by atoms with E-state index in [1.54, 1.807) is 12.1 Å². The van der Waals surface area contributed by atoms with Gasteiger partial charge in [0.15, 0.2) is 5.82 Å². The van der Waals surface area contributed by atoms with Crippen LogP contribution in [0.4, 0.5) is 4.39 Å². The number of aromatic nitrogens is 2. The van der Waals surface area contributed by atoms with Crippen LogP contribution in [0.1, 0.15) is 11.3 Å². The Bertz CT molecular complexity index is 537. The molecular weight excluding hydrogens is 217 g/mol. The van der Waals surface area contributed by atoms with Crippen molar-refractivity contribution < 1.29 is 4.39 Å². The molecule has 3 nitrogen and oxygen atoms in total. The smallest absolute Gasteiger partial charge is 0.159 e. The Kier molecular flexibility index (Phi) is 2.57. The molecule has 0 spiro atoms. The first-order chi connectivity index (χ1) is 8.33. The maximum absolute atomic E-state index is 12.8. The van der Waals surface area contributed by atoms with Gasteiger partial charge >= 0.3 is 0 Å². The van der Waals surface area contributed by atoms with Crippen LogP contribution in [0.15, 0.2) is 30.5 Å². The number of nitrogens with zero attached hydrogens (tertiary/aromatic N) is 2. The van der Waals surface area contributed by atoms with Crippen molar-refractivity contribution in [3.63, 3.8) is 0 Å². The van der Waals surface area contributed by atoms with Gasteiger partial charge < -0.3 is 5.32 Å². The predicted molar refractivity (Wildman–Crippen MR) is 62.8 cm³/mol. The first-order valence-electron chi connectivity index (χ1n) is 5.64. The second kappa shape index (κ2) is 4.22. The summed E-state index contributed by atoms with van der Waals surface area (Å²) in [6.07, 6.45) is 2.78. The Morgan fingerprint density at radius 2 is 2.00 bits per heavy atom. The van der Waals surface area contributed by atoms with Crippen molar-refractivity contribution in [1.29, 1.82) is 0 Å². The molecule has 1 aromatic carbocycles. The van der Waals surface area contributed by atoms with Crippen LogP contribution in [-0.4, -0.2) is 16.5 Å². The van der Waals surface area contributed by atoms with Crippen LogP contribution < -0.4 is 5.32 Å². The molecule has 0 fully saturated rings. The molecule has 0 bridgehead atoms. The lowest BCUT2D eigenvalue weighted by atomic mass is 10.1. The van der Waals surface area contributed by atoms with Crippen LogP contribution in [0.3, 0.4) is 0 Å². The number of fused-ring (bicyclic) bond motifs is 1. The third-order valence-corrected chi connectivity index (χ3v) is 2.91. The van der Waals surface area contributed by atoms with E-state index >= 15 is 0 Å². The molecule has 86 valence electrons. The van der Waals surface area contributed by atoms with E-state index in [-0.39, 0.29) is 5.82 Å². The zero-order chi connectivity index (χ0) is 11.7. The quantitative estimate of drug-likeness (QED) is 0.812. The van der Waals surface area contributed by atoms with Crippen LogP contribution in [-0.2, 0) is 13.0 Å². The summed E-state index contributed by atoms with van der Waals surface area (Å²) in [4.78, 5) is 8.86. The number of hydrogen-bond donors (Lipinski definition) is 1. The topological polar surface area (TPSA) is 37.8 Å². The van der Waals surface area contributed by atoms with Gasteiger partial charge in [-0.1, -0.05) is 0 Å². The first-order valence-corrected chi connectivity index (χ1v) is 5.64. The predicted octanol–water partition coefficient (Wildman–Crippen LogP) is 1.93. The van der Waals surface area contributed by atoms with E-state index in [2.05, 4.69) is 15.3 Å². The number of benzene rings is 1. The van der Waals surface area contributed by atoms with Gasteiger partial charge in [-0.25, -0.2) is 14.4 Å². The van der Waals surface area contributed by atoms with E-state index in [0.717, 1.165) is 36.3 Å². The Labute approximate surface area is 98.7 Å². The lowest BCUT2D eigenvalue weighted by Crippen LogP contribution is -2.24. The van der Waals surface area contributed by atoms with E-state index in [9.17, 15) is 4.39 Å². The zero-order valence-corrected chi connectivity index (χ0v) is 9.28. The van der Waals surface area contributed by atoms with E-state index in [4.69, 9.17) is 0 Å². The number of rotatable bonds is 1. The second-order valence-corrected chi connectivity index (χ2v) is 4.10. The molecule has 0 saturated heterocycles. The van der Waals surface area contributed by atoms with Crippen LogP contribution in [0.2, 0.25) is 0 Å². The molecule has 0 unspecified atom stereocenters. The summed E-state index contributed by atoms with van der Waals surface area (Å²) in [5.41, 5.74) is 3.10. The standard InChI is InChI=1S/C13H12FN3/c14-11-3-1-9(2-4-11)13-16-8-10-7-15-6-5-12(10)17-13/h1-4,8,15H,5-7H2. The van der Waals surface area contributed by atoms with E-state index in [1.165, 1.54) is 12.1 Å². The van der Waals surface area contributed by atoms with Crippen LogP contribution in [0, 0.1) is 5.82 Å². The number of halogens is 1. The molecular formula is C13H12FN3. The molecule has 0 amide bonds. The summed E-state index contributed by atoms with van der Waals surface area (Å²) in [7, 11) is 0. The van der Waals surface area contributed by atoms with Crippen molar-refractivity contribution in [1.82, 2.24) is 15.3 Å². The van der Waals surface area contributed by atoms with Gasteiger partial charge in [0.2, 0.25) is 0 Å². The number of nitrogens with one attached hydrogen (secondary N) is 1. The van der Waals surface area contributed by atoms with Crippen molar-refractivity contribution in [3.8, 4) is 11.4 Å². The third kappa shape index (κ3) is 2.03. The highest BCUT2D eigenvalue weighted by atomic mass is 19.1. The van der Waals surface area contributed by atoms with Crippen molar-refractivity contribution in [2.45, 2.75) is 13.0 Å². The Balaban J connectivity index is 2.01. The third-order valence-electron chi connectivity index (χ3n) is 2.91. The van der Waals surface area contributed by atoms with Gasteiger partial charge in [0.1, 0.15) is 5.82 Å². The number of hydrogen-bond acceptors (Lipinski definition) is 3. The van der Waals surface area contributed by atoms with Crippen molar-refractivity contribution in [3.05, 3.63) is 47.5 Å². The van der Waals surface area contributed by atoms with Crippen molar-refractivity contribution in [2.24, 2.45) is 0 Å². The molecule has 0 atom stereocenters. The van der Waals surface area contributed by atoms with E-state index < -0.39 is 0 Å². The molecule has 2 aromatic rings. The minimum atomic E-state index is -0.240. The minimum absolute atomic E-state index is 0.240. The Morgan fingerprint density at radius 3 is 2.82 bits per heavy atom. The zero-order valence-electron chi connectivity index (χ0n) is 9.28.